The van der Waals surface area contributed by atoms with Crippen molar-refractivity contribution in [3.8, 4) is 5.75 Å². The molecule has 0 radical (unpaired) electrons. The highest BCUT2D eigenvalue weighted by molar-refractivity contribution is 7.82. The number of hydrogen-bond donors (Lipinski definition) is 0. The monoisotopic (exact) mass is 212 g/mol. The van der Waals surface area contributed by atoms with Crippen molar-refractivity contribution in [2.75, 3.05) is 0 Å². The highest BCUT2D eigenvalue weighted by Gasteiger charge is 2.11. The van der Waals surface area contributed by atoms with Gasteiger partial charge in [-0.3, -0.25) is 0 Å². The molecule has 3 heteroatoms. The average Bonchev–Trinajstić information content (AvgIpc) is 2.49. The van der Waals surface area contributed by atoms with E-state index in [0.29, 0.717) is 0 Å². The summed E-state index contributed by atoms with van der Waals surface area (Å²) in [6.07, 6.45) is 3.56. The van der Waals surface area contributed by atoms with Gasteiger partial charge in [0.25, 0.3) is 4.51 Å². The first-order valence-electron chi connectivity index (χ1n) is 4.25. The second kappa shape index (κ2) is 3.64. The molecule has 0 atom stereocenters. The van der Waals surface area contributed by atoms with Crippen molar-refractivity contribution >= 4 is 28.3 Å². The van der Waals surface area contributed by atoms with E-state index in [4.69, 9.17) is 16.3 Å². The summed E-state index contributed by atoms with van der Waals surface area (Å²) in [5.41, 5.74) is 2.79. The number of rotatable bonds is 1. The Morgan fingerprint density at radius 3 is 2.85 bits per heavy atom. The maximum absolute atomic E-state index is 5.47. The van der Waals surface area contributed by atoms with Gasteiger partial charge in [0.2, 0.25) is 0 Å². The molecule has 1 aromatic carbocycles. The number of aryl methyl sites for hydroxylation is 2. The fraction of sp³-hybridized carbons (Fsp3) is 0.300. The summed E-state index contributed by atoms with van der Waals surface area (Å²) in [5, 5.41) is 0. The van der Waals surface area contributed by atoms with Crippen molar-refractivity contribution in [3.05, 3.63) is 29.3 Å². The molecule has 68 valence electrons. The largest absolute Gasteiger partial charge is 0.436 e. The molecule has 0 spiro atoms. The van der Waals surface area contributed by atoms with Gasteiger partial charge in [0.15, 0.2) is 0 Å². The van der Waals surface area contributed by atoms with Crippen molar-refractivity contribution in [1.29, 1.82) is 0 Å². The third kappa shape index (κ3) is 2.01. The third-order valence-corrected chi connectivity index (χ3v) is 2.43. The summed E-state index contributed by atoms with van der Waals surface area (Å²) < 4.78 is 5.19. The number of hydrogen-bond acceptors (Lipinski definition) is 2. The molecule has 13 heavy (non-hydrogen) atoms. The summed E-state index contributed by atoms with van der Waals surface area (Å²) in [7, 11) is 0. The van der Waals surface area contributed by atoms with Crippen molar-refractivity contribution in [3.63, 3.8) is 0 Å². The summed E-state index contributed by atoms with van der Waals surface area (Å²) in [4.78, 5) is 0. The maximum atomic E-state index is 5.47. The summed E-state index contributed by atoms with van der Waals surface area (Å²) in [6, 6.07) is 6.03. The molecule has 0 fully saturated rings. The van der Waals surface area contributed by atoms with Crippen molar-refractivity contribution in [1.82, 2.24) is 0 Å². The van der Waals surface area contributed by atoms with Gasteiger partial charge in [-0.1, -0.05) is 6.07 Å². The van der Waals surface area contributed by atoms with Crippen LogP contribution in [0.4, 0.5) is 0 Å². The molecule has 0 saturated heterocycles. The van der Waals surface area contributed by atoms with Crippen molar-refractivity contribution < 1.29 is 4.74 Å². The Kier molecular flexibility index (Phi) is 2.51. The molecule has 0 aromatic heterocycles. The highest BCUT2D eigenvalue weighted by Crippen LogP contribution is 2.26. The molecule has 0 amide bonds. The second-order valence-electron chi connectivity index (χ2n) is 3.12. The van der Waals surface area contributed by atoms with Crippen LogP contribution in [0.15, 0.2) is 18.2 Å². The van der Waals surface area contributed by atoms with E-state index in [9.17, 15) is 0 Å². The van der Waals surface area contributed by atoms with E-state index in [1.54, 1.807) is 0 Å². The summed E-state index contributed by atoms with van der Waals surface area (Å²) >= 11 is 10.1. The van der Waals surface area contributed by atoms with E-state index in [0.717, 1.165) is 12.2 Å². The van der Waals surface area contributed by atoms with Gasteiger partial charge in [0.1, 0.15) is 5.75 Å². The van der Waals surface area contributed by atoms with Crippen LogP contribution in [0.5, 0.6) is 5.75 Å². The lowest BCUT2D eigenvalue weighted by molar-refractivity contribution is 0.577. The van der Waals surface area contributed by atoms with Crippen LogP contribution < -0.4 is 4.74 Å². The first kappa shape index (κ1) is 8.97. The Labute approximate surface area is 87.7 Å². The van der Waals surface area contributed by atoms with Crippen LogP contribution in [-0.2, 0) is 12.8 Å². The van der Waals surface area contributed by atoms with Gasteiger partial charge in [-0.2, -0.15) is 0 Å². The van der Waals surface area contributed by atoms with E-state index in [1.807, 2.05) is 12.1 Å². The van der Waals surface area contributed by atoms with Crippen LogP contribution in [0, 0.1) is 0 Å². The quantitative estimate of drug-likeness (QED) is 0.523. The SMILES string of the molecule is S=C(Cl)Oc1ccc2c(c1)CCC2. The first-order valence-corrected chi connectivity index (χ1v) is 5.03. The van der Waals surface area contributed by atoms with E-state index in [2.05, 4.69) is 18.3 Å². The minimum atomic E-state index is 0.0537. The number of halogens is 1. The molecule has 1 aliphatic carbocycles. The van der Waals surface area contributed by atoms with E-state index >= 15 is 0 Å². The molecule has 2 rings (SSSR count). The fourth-order valence-corrected chi connectivity index (χ4v) is 1.89. The maximum Gasteiger partial charge on any atom is 0.260 e. The molecular weight excluding hydrogens is 204 g/mol. The molecule has 0 unspecified atom stereocenters. The Hall–Kier alpha value is -0.600. The number of ether oxygens (including phenoxy) is 1. The minimum Gasteiger partial charge on any atom is -0.436 e. The zero-order valence-electron chi connectivity index (χ0n) is 7.05. The molecule has 1 aliphatic rings. The molecule has 1 aromatic rings. The average molecular weight is 213 g/mol. The van der Waals surface area contributed by atoms with Crippen LogP contribution in [-0.4, -0.2) is 4.51 Å². The van der Waals surface area contributed by atoms with Gasteiger partial charge in [0.05, 0.1) is 0 Å². The van der Waals surface area contributed by atoms with Gasteiger partial charge in [-0.15, -0.1) is 0 Å². The Balaban J connectivity index is 2.25. The van der Waals surface area contributed by atoms with Crippen molar-refractivity contribution in [2.24, 2.45) is 0 Å². The topological polar surface area (TPSA) is 9.23 Å². The molecule has 1 nitrogen and oxygen atoms in total. The first-order chi connectivity index (χ1) is 6.25. The third-order valence-electron chi connectivity index (χ3n) is 2.27. The smallest absolute Gasteiger partial charge is 0.260 e. The fourth-order valence-electron chi connectivity index (χ4n) is 1.70. The van der Waals surface area contributed by atoms with E-state index in [1.165, 1.54) is 24.0 Å². The predicted molar refractivity (Wildman–Crippen MR) is 57.5 cm³/mol. The molecule has 0 bridgehead atoms. The lowest BCUT2D eigenvalue weighted by Crippen LogP contribution is -1.96. The summed E-state index contributed by atoms with van der Waals surface area (Å²) in [6.45, 7) is 0. The predicted octanol–water partition coefficient (Wildman–Crippen LogP) is 3.08. The van der Waals surface area contributed by atoms with Gasteiger partial charge in [-0.05, 0) is 66.3 Å². The summed E-state index contributed by atoms with van der Waals surface area (Å²) in [5.74, 6) is 0.751. The van der Waals surface area contributed by atoms with Crippen molar-refractivity contribution in [2.45, 2.75) is 19.3 Å². The lowest BCUT2D eigenvalue weighted by Gasteiger charge is -2.04. The van der Waals surface area contributed by atoms with Gasteiger partial charge in [-0.25, -0.2) is 0 Å². The van der Waals surface area contributed by atoms with E-state index in [-0.39, 0.29) is 4.51 Å². The van der Waals surface area contributed by atoms with Gasteiger partial charge in [0, 0.05) is 0 Å². The minimum absolute atomic E-state index is 0.0537. The standard InChI is InChI=1S/C10H9ClOS/c11-10(13)12-9-5-4-7-2-1-3-8(7)6-9/h4-6H,1-3H2. The lowest BCUT2D eigenvalue weighted by atomic mass is 10.1. The normalized spacial score (nSPS) is 13.9. The molecular formula is C10H9ClOS. The Morgan fingerprint density at radius 1 is 1.31 bits per heavy atom. The molecule has 0 saturated carbocycles. The molecule has 0 heterocycles. The molecule has 0 N–H and O–H groups in total. The number of fused-ring (bicyclic) bond motifs is 1. The zero-order chi connectivity index (χ0) is 9.26. The zero-order valence-corrected chi connectivity index (χ0v) is 8.62. The van der Waals surface area contributed by atoms with Crippen LogP contribution in [0.25, 0.3) is 0 Å². The Bertz CT molecular complexity index is 349. The number of benzene rings is 1. The van der Waals surface area contributed by atoms with Crippen LogP contribution in [0.3, 0.4) is 0 Å². The van der Waals surface area contributed by atoms with E-state index < -0.39 is 0 Å². The van der Waals surface area contributed by atoms with Crippen LogP contribution in [0.2, 0.25) is 0 Å². The number of thiocarbonyl (C=S) groups is 1. The highest BCUT2D eigenvalue weighted by atomic mass is 35.5. The van der Waals surface area contributed by atoms with Gasteiger partial charge >= 0.3 is 0 Å². The Morgan fingerprint density at radius 2 is 2.08 bits per heavy atom. The van der Waals surface area contributed by atoms with Crippen LogP contribution >= 0.6 is 23.8 Å². The van der Waals surface area contributed by atoms with Crippen LogP contribution in [0.1, 0.15) is 17.5 Å². The molecule has 0 aliphatic heterocycles. The van der Waals surface area contributed by atoms with Gasteiger partial charge < -0.3 is 4.74 Å². The second-order valence-corrected chi connectivity index (χ2v) is 4.06.